The van der Waals surface area contributed by atoms with Gasteiger partial charge in [0.05, 0.1) is 25.4 Å². The van der Waals surface area contributed by atoms with Gasteiger partial charge in [-0.25, -0.2) is 0 Å². The summed E-state index contributed by atoms with van der Waals surface area (Å²) in [5.74, 6) is -0.692. The third-order valence-electron chi connectivity index (χ3n) is 8.52. The molecule has 4 rings (SSSR count). The van der Waals surface area contributed by atoms with Crippen molar-refractivity contribution in [2.45, 2.75) is 144 Å². The van der Waals surface area contributed by atoms with Crippen LogP contribution in [-0.2, 0) is 38.0 Å². The first-order chi connectivity index (χ1) is 21.6. The van der Waals surface area contributed by atoms with Crippen LogP contribution in [0, 0.1) is 0 Å². The second-order valence-electron chi connectivity index (χ2n) is 11.8. The largest absolute Gasteiger partial charge is 0.394 e. The van der Waals surface area contributed by atoms with Crippen molar-refractivity contribution in [3.63, 3.8) is 0 Å². The number of aliphatic hydroxyl groups is 11. The third kappa shape index (κ3) is 7.64. The Labute approximate surface area is 262 Å². The number of carbonyl (C=O) groups is 1. The fourth-order valence-corrected chi connectivity index (χ4v) is 5.86. The third-order valence-corrected chi connectivity index (χ3v) is 8.52. The highest BCUT2D eigenvalue weighted by molar-refractivity contribution is 5.73. The van der Waals surface area contributed by atoms with Crippen molar-refractivity contribution in [3.05, 3.63) is 0 Å². The summed E-state index contributed by atoms with van der Waals surface area (Å²) >= 11 is 0. The zero-order valence-corrected chi connectivity index (χ0v) is 25.1. The lowest BCUT2D eigenvalue weighted by Gasteiger charge is -2.50. The first kappa shape index (κ1) is 37.6. The molecule has 0 aromatic heterocycles. The Morgan fingerprint density at radius 2 is 1.09 bits per heavy atom. The predicted octanol–water partition coefficient (Wildman–Crippen LogP) is -7.55. The molecule has 20 heteroatoms. The van der Waals surface area contributed by atoms with Gasteiger partial charge in [0.1, 0.15) is 85.4 Å². The summed E-state index contributed by atoms with van der Waals surface area (Å²) in [4.78, 5) is 12.3. The molecule has 1 amide bonds. The molecule has 268 valence electrons. The van der Waals surface area contributed by atoms with Gasteiger partial charge < -0.3 is 94.6 Å². The molecule has 0 spiro atoms. The van der Waals surface area contributed by atoms with E-state index in [2.05, 4.69) is 5.32 Å². The lowest BCUT2D eigenvalue weighted by molar-refractivity contribution is -0.377. The minimum absolute atomic E-state index is 0.692. The van der Waals surface area contributed by atoms with Crippen molar-refractivity contribution < 1.29 is 94.1 Å². The van der Waals surface area contributed by atoms with Gasteiger partial charge in [-0.3, -0.25) is 4.79 Å². The number of hydrogen-bond acceptors (Lipinski definition) is 19. The molecule has 4 aliphatic rings. The molecule has 46 heavy (non-hydrogen) atoms. The molecule has 4 saturated heterocycles. The van der Waals surface area contributed by atoms with Crippen molar-refractivity contribution in [1.29, 1.82) is 0 Å². The summed E-state index contributed by atoms with van der Waals surface area (Å²) < 4.78 is 39.2. The van der Waals surface area contributed by atoms with E-state index >= 15 is 0 Å². The number of ether oxygens (including phenoxy) is 7. The Morgan fingerprint density at radius 3 is 1.67 bits per heavy atom. The molecule has 0 aromatic rings. The first-order valence-corrected chi connectivity index (χ1v) is 14.8. The molecule has 0 saturated carbocycles. The first-order valence-electron chi connectivity index (χ1n) is 14.8. The monoisotopic (exact) mass is 675 g/mol. The van der Waals surface area contributed by atoms with Crippen LogP contribution >= 0.6 is 0 Å². The van der Waals surface area contributed by atoms with E-state index in [1.54, 1.807) is 0 Å². The average Bonchev–Trinajstić information content (AvgIpc) is 3.01. The van der Waals surface area contributed by atoms with Crippen molar-refractivity contribution in [2.24, 2.45) is 0 Å². The standard InChI is InChI=1S/C26H45NO19/c1-6-12(31)15(34)18(37)25(41-6)46-22-14(33)10(5-29)43-26(19(22)38)45-21-11(27-8(3)30)24(42-9(4-28)13(21)32)44-20-7(2)40-23(39)17(36)16(20)35/h6-7,9-26,28-29,31-39H,4-5H2,1-3H3,(H,27,30)/t6-,7-,9+,10+,11+,12-,13+,14-,15+,16-,17+,18+,19+,20-,21+,22-,23?,24-,25-,26+/m0/s1. The van der Waals surface area contributed by atoms with Crippen molar-refractivity contribution in [3.8, 4) is 0 Å². The SMILES string of the molecule is CC(=O)N[C@H]1[C@H](O[C@@H]2[C@@H](O)[C@@H](O)C(O)O[C@H]2C)O[C@H](CO)[C@@H](O)[C@@H]1O[C@H]1O[C@H](CO)[C@H](O)[C@H](O[C@@H]2O[C@@H](C)[C@H](O)[C@@H](O)[C@H]2O)[C@H]1O. The Kier molecular flexibility index (Phi) is 12.7. The molecular formula is C26H45NO19. The van der Waals surface area contributed by atoms with Crippen LogP contribution in [0.15, 0.2) is 0 Å². The summed E-state index contributed by atoms with van der Waals surface area (Å²) in [6.07, 6.45) is -30.7. The van der Waals surface area contributed by atoms with Crippen LogP contribution in [0.1, 0.15) is 20.8 Å². The van der Waals surface area contributed by atoms with Gasteiger partial charge in [-0.2, -0.15) is 0 Å². The van der Waals surface area contributed by atoms with Crippen LogP contribution in [0.2, 0.25) is 0 Å². The molecule has 0 aliphatic carbocycles. The summed E-state index contributed by atoms with van der Waals surface area (Å²) in [6, 6.07) is -1.48. The van der Waals surface area contributed by atoms with Crippen LogP contribution in [0.3, 0.4) is 0 Å². The van der Waals surface area contributed by atoms with Crippen molar-refractivity contribution in [1.82, 2.24) is 5.32 Å². The fraction of sp³-hybridized carbons (Fsp3) is 0.962. The zero-order chi connectivity index (χ0) is 34.2. The van der Waals surface area contributed by atoms with Crippen LogP contribution in [0.4, 0.5) is 0 Å². The molecule has 20 atom stereocenters. The lowest BCUT2D eigenvalue weighted by atomic mass is 9.94. The number of nitrogens with one attached hydrogen (secondary N) is 1. The second-order valence-corrected chi connectivity index (χ2v) is 11.8. The van der Waals surface area contributed by atoms with E-state index in [-0.39, 0.29) is 0 Å². The number of hydrogen-bond donors (Lipinski definition) is 12. The summed E-state index contributed by atoms with van der Waals surface area (Å²) in [5, 5.41) is 117. The predicted molar refractivity (Wildman–Crippen MR) is 143 cm³/mol. The zero-order valence-electron chi connectivity index (χ0n) is 25.1. The highest BCUT2D eigenvalue weighted by Gasteiger charge is 2.55. The number of aliphatic hydroxyl groups excluding tert-OH is 11. The van der Waals surface area contributed by atoms with Gasteiger partial charge in [0.15, 0.2) is 25.2 Å². The molecule has 12 N–H and O–H groups in total. The van der Waals surface area contributed by atoms with Crippen LogP contribution in [0.25, 0.3) is 0 Å². The van der Waals surface area contributed by atoms with Crippen molar-refractivity contribution in [2.75, 3.05) is 13.2 Å². The van der Waals surface area contributed by atoms with Gasteiger partial charge in [0.25, 0.3) is 0 Å². The highest BCUT2D eigenvalue weighted by atomic mass is 16.8. The minimum atomic E-state index is -1.96. The molecule has 4 heterocycles. The molecule has 20 nitrogen and oxygen atoms in total. The number of carbonyl (C=O) groups excluding carboxylic acids is 1. The quantitative estimate of drug-likeness (QED) is 0.108. The van der Waals surface area contributed by atoms with E-state index in [0.717, 1.165) is 6.92 Å². The highest BCUT2D eigenvalue weighted by Crippen LogP contribution is 2.34. The summed E-state index contributed by atoms with van der Waals surface area (Å²) in [6.45, 7) is 2.22. The molecule has 1 unspecified atom stereocenters. The Balaban J connectivity index is 1.60. The second kappa shape index (κ2) is 15.5. The maximum absolute atomic E-state index is 12.3. The Morgan fingerprint density at radius 1 is 0.565 bits per heavy atom. The topological polar surface area (TPSA) is 316 Å². The van der Waals surface area contributed by atoms with Gasteiger partial charge >= 0.3 is 0 Å². The van der Waals surface area contributed by atoms with E-state index < -0.39 is 142 Å². The van der Waals surface area contributed by atoms with E-state index in [9.17, 15) is 61.0 Å². The molecule has 0 radical (unpaired) electrons. The molecule has 4 fully saturated rings. The van der Waals surface area contributed by atoms with Crippen molar-refractivity contribution >= 4 is 5.91 Å². The summed E-state index contributed by atoms with van der Waals surface area (Å²) in [7, 11) is 0. The number of amides is 1. The normalized spacial score (nSPS) is 51.9. The number of rotatable bonds is 9. The van der Waals surface area contributed by atoms with E-state index in [0.29, 0.717) is 0 Å². The van der Waals surface area contributed by atoms with Gasteiger partial charge in [0, 0.05) is 6.92 Å². The lowest BCUT2D eigenvalue weighted by Crippen LogP contribution is -2.70. The Bertz CT molecular complexity index is 997. The van der Waals surface area contributed by atoms with Gasteiger partial charge in [-0.15, -0.1) is 0 Å². The van der Waals surface area contributed by atoms with Gasteiger partial charge in [-0.05, 0) is 13.8 Å². The van der Waals surface area contributed by atoms with Gasteiger partial charge in [-0.1, -0.05) is 0 Å². The van der Waals surface area contributed by atoms with Gasteiger partial charge in [0.2, 0.25) is 5.91 Å². The molecule has 0 aromatic carbocycles. The van der Waals surface area contributed by atoms with E-state index in [1.165, 1.54) is 13.8 Å². The van der Waals surface area contributed by atoms with Crippen LogP contribution in [0.5, 0.6) is 0 Å². The van der Waals surface area contributed by atoms with E-state index in [1.807, 2.05) is 0 Å². The van der Waals surface area contributed by atoms with E-state index in [4.69, 9.17) is 33.2 Å². The smallest absolute Gasteiger partial charge is 0.217 e. The Hall–Kier alpha value is -1.25. The maximum Gasteiger partial charge on any atom is 0.217 e. The summed E-state index contributed by atoms with van der Waals surface area (Å²) in [5.41, 5.74) is 0. The maximum atomic E-state index is 12.3. The molecule has 0 bridgehead atoms. The minimum Gasteiger partial charge on any atom is -0.394 e. The van der Waals surface area contributed by atoms with Crippen LogP contribution < -0.4 is 5.32 Å². The fourth-order valence-electron chi connectivity index (χ4n) is 5.86. The molecule has 4 aliphatic heterocycles. The molecular weight excluding hydrogens is 630 g/mol. The van der Waals surface area contributed by atoms with Crippen LogP contribution in [-0.4, -0.2) is 198 Å². The average molecular weight is 676 g/mol.